The summed E-state index contributed by atoms with van der Waals surface area (Å²) in [6.07, 6.45) is 2.29. The van der Waals surface area contributed by atoms with E-state index in [9.17, 15) is 14.7 Å². The highest BCUT2D eigenvalue weighted by Gasteiger charge is 2.26. The molecule has 29 heavy (non-hydrogen) atoms. The number of fused-ring (bicyclic) bond motifs is 1. The van der Waals surface area contributed by atoms with Gasteiger partial charge >= 0.3 is 0 Å². The highest BCUT2D eigenvalue weighted by Crippen LogP contribution is 2.36. The van der Waals surface area contributed by atoms with Crippen LogP contribution in [-0.4, -0.2) is 69.5 Å². The van der Waals surface area contributed by atoms with Crippen LogP contribution in [0.4, 0.5) is 0 Å². The second-order valence-corrected chi connectivity index (χ2v) is 5.94. The largest absolute Gasteiger partial charge is 0.504 e. The van der Waals surface area contributed by atoms with Crippen LogP contribution in [-0.2, 0) is 28.5 Å². The number of hydrogen-bond donors (Lipinski definition) is 1. The van der Waals surface area contributed by atoms with Crippen molar-refractivity contribution in [3.8, 4) is 17.2 Å². The maximum absolute atomic E-state index is 12.0. The first-order valence-corrected chi connectivity index (χ1v) is 9.16. The molecule has 1 aliphatic carbocycles. The lowest BCUT2D eigenvalue weighted by molar-refractivity contribution is -0.121. The number of hydrogen-bond acceptors (Lipinski definition) is 9. The summed E-state index contributed by atoms with van der Waals surface area (Å²) in [5.74, 6) is -0.580. The predicted molar refractivity (Wildman–Crippen MR) is 98.8 cm³/mol. The molecular weight excluding hydrogens is 384 g/mol. The highest BCUT2D eigenvalue weighted by molar-refractivity contribution is 6.18. The van der Waals surface area contributed by atoms with Crippen molar-refractivity contribution in [2.75, 3.05) is 52.9 Å². The van der Waals surface area contributed by atoms with Crippen molar-refractivity contribution in [3.63, 3.8) is 0 Å². The molecule has 9 nitrogen and oxygen atoms in total. The lowest BCUT2D eigenvalue weighted by Gasteiger charge is -2.17. The Hall–Kier alpha value is -3.04. The molecule has 1 aromatic rings. The number of carbonyl (C=O) groups excluding carboxylic acids is 2. The number of ketones is 2. The van der Waals surface area contributed by atoms with Crippen molar-refractivity contribution < 1.29 is 43.1 Å². The van der Waals surface area contributed by atoms with E-state index in [1.807, 2.05) is 0 Å². The average Bonchev–Trinajstić information content (AvgIpc) is 2.71. The molecule has 1 N–H and O–H groups in total. The Bertz CT molecular complexity index is 797. The van der Waals surface area contributed by atoms with Crippen LogP contribution in [0.5, 0.6) is 17.2 Å². The lowest BCUT2D eigenvalue weighted by atomic mass is 10.1. The zero-order valence-corrected chi connectivity index (χ0v) is 15.8. The van der Waals surface area contributed by atoms with Gasteiger partial charge in [-0.05, 0) is 24.3 Å². The van der Waals surface area contributed by atoms with Crippen molar-refractivity contribution in [2.45, 2.75) is 0 Å². The van der Waals surface area contributed by atoms with Crippen molar-refractivity contribution >= 4 is 11.6 Å². The average molecular weight is 406 g/mol. The molecule has 156 valence electrons. The van der Waals surface area contributed by atoms with Crippen LogP contribution in [0.25, 0.3) is 0 Å². The van der Waals surface area contributed by atoms with Gasteiger partial charge in [-0.15, -0.1) is 0 Å². The van der Waals surface area contributed by atoms with Crippen LogP contribution in [0.2, 0.25) is 0 Å². The quantitative estimate of drug-likeness (QED) is 0.635. The lowest BCUT2D eigenvalue weighted by Crippen LogP contribution is -2.22. The van der Waals surface area contributed by atoms with Gasteiger partial charge in [0.2, 0.25) is 28.8 Å². The summed E-state index contributed by atoms with van der Waals surface area (Å²) in [5, 5.41) is 9.99. The molecule has 9 heteroatoms. The van der Waals surface area contributed by atoms with E-state index in [-0.39, 0.29) is 75.9 Å². The van der Waals surface area contributed by atoms with Gasteiger partial charge in [-0.25, -0.2) is 0 Å². The van der Waals surface area contributed by atoms with Crippen LogP contribution in [0.15, 0.2) is 41.9 Å². The van der Waals surface area contributed by atoms with Crippen molar-refractivity contribution in [1.29, 1.82) is 0 Å². The number of carbonyl (C=O) groups is 2. The predicted octanol–water partition coefficient (Wildman–Crippen LogP) is 1.15. The monoisotopic (exact) mass is 406 g/mol. The van der Waals surface area contributed by atoms with Gasteiger partial charge in [-0.2, -0.15) is 0 Å². The molecule has 0 amide bonds. The summed E-state index contributed by atoms with van der Waals surface area (Å²) < 4.78 is 32.8. The number of phenolic OH excluding ortho intramolecular Hbond substituents is 1. The molecule has 0 saturated carbocycles. The molecular formula is C20H22O9. The van der Waals surface area contributed by atoms with Crippen molar-refractivity contribution in [1.82, 2.24) is 0 Å². The fraction of sp³-hybridized carbons (Fsp3) is 0.400. The first-order valence-electron chi connectivity index (χ1n) is 9.16. The van der Waals surface area contributed by atoms with Gasteiger partial charge < -0.3 is 33.5 Å². The normalized spacial score (nSPS) is 19.4. The first kappa shape index (κ1) is 20.7. The third-order valence-corrected chi connectivity index (χ3v) is 3.91. The van der Waals surface area contributed by atoms with Crippen LogP contribution in [0, 0.1) is 0 Å². The van der Waals surface area contributed by atoms with Crippen LogP contribution in [0.1, 0.15) is 0 Å². The number of para-hydroxylation sites is 1. The van der Waals surface area contributed by atoms with Gasteiger partial charge in [0, 0.05) is 0 Å². The zero-order chi connectivity index (χ0) is 20.5. The summed E-state index contributed by atoms with van der Waals surface area (Å²) in [6, 6.07) is 4.83. The second kappa shape index (κ2) is 10.5. The minimum Gasteiger partial charge on any atom is -0.504 e. The fourth-order valence-corrected chi connectivity index (χ4v) is 2.59. The molecule has 0 atom stereocenters. The first-order chi connectivity index (χ1) is 14.2. The van der Waals surface area contributed by atoms with E-state index in [1.165, 1.54) is 6.07 Å². The van der Waals surface area contributed by atoms with Gasteiger partial charge in [0.05, 0.1) is 26.4 Å². The number of allylic oxidation sites excluding steroid dienone is 2. The summed E-state index contributed by atoms with van der Waals surface area (Å²) in [7, 11) is 0. The fourth-order valence-electron chi connectivity index (χ4n) is 2.59. The number of benzene rings is 1. The maximum atomic E-state index is 12.0. The van der Waals surface area contributed by atoms with E-state index in [0.29, 0.717) is 5.75 Å². The minimum atomic E-state index is -0.446. The van der Waals surface area contributed by atoms with Gasteiger partial charge in [-0.3, -0.25) is 9.59 Å². The van der Waals surface area contributed by atoms with E-state index in [0.717, 1.165) is 12.2 Å². The smallest absolute Gasteiger partial charge is 0.224 e. The molecule has 1 aliphatic heterocycles. The van der Waals surface area contributed by atoms with E-state index in [2.05, 4.69) is 0 Å². The third-order valence-electron chi connectivity index (χ3n) is 3.91. The molecule has 2 aliphatic rings. The summed E-state index contributed by atoms with van der Waals surface area (Å²) in [5.41, 5.74) is 0. The summed E-state index contributed by atoms with van der Waals surface area (Å²) in [6.45, 7) is 1.31. The molecule has 0 fully saturated rings. The Kier molecular flexibility index (Phi) is 7.48. The standard InChI is InChI=1S/C20H22O9/c21-14-2-1-3-17-18(14)27-11-7-25-9-13-29-20-16(23)5-4-15(22)19(20)28-12-8-24-6-10-26-17/h1-5,21H,6-13H2. The van der Waals surface area contributed by atoms with Gasteiger partial charge in [0.15, 0.2) is 11.5 Å². The topological polar surface area (TPSA) is 110 Å². The Labute approximate surface area is 167 Å². The number of rotatable bonds is 0. The Balaban J connectivity index is 1.63. The molecule has 0 unspecified atom stereocenters. The Morgan fingerprint density at radius 3 is 1.76 bits per heavy atom. The molecule has 1 heterocycles. The highest BCUT2D eigenvalue weighted by atomic mass is 16.6. The van der Waals surface area contributed by atoms with E-state index >= 15 is 0 Å². The Morgan fingerprint density at radius 2 is 1.17 bits per heavy atom. The van der Waals surface area contributed by atoms with E-state index in [1.54, 1.807) is 12.1 Å². The molecule has 1 aromatic carbocycles. The van der Waals surface area contributed by atoms with Crippen LogP contribution in [0.3, 0.4) is 0 Å². The van der Waals surface area contributed by atoms with E-state index in [4.69, 9.17) is 28.4 Å². The van der Waals surface area contributed by atoms with Gasteiger partial charge in [0.25, 0.3) is 0 Å². The molecule has 3 rings (SSSR count). The maximum Gasteiger partial charge on any atom is 0.224 e. The third kappa shape index (κ3) is 5.72. The summed E-state index contributed by atoms with van der Waals surface area (Å²) in [4.78, 5) is 24.0. The van der Waals surface area contributed by atoms with Crippen LogP contribution < -0.4 is 9.47 Å². The molecule has 0 aromatic heterocycles. The number of phenols is 1. The van der Waals surface area contributed by atoms with E-state index < -0.39 is 11.6 Å². The molecule has 0 saturated heterocycles. The van der Waals surface area contributed by atoms with Crippen LogP contribution >= 0.6 is 0 Å². The zero-order valence-electron chi connectivity index (χ0n) is 15.8. The SMILES string of the molecule is O=C1C=CC(=O)C2=C1OCCOCCOc1cccc(O)c1OCCOCCO2. The molecule has 0 spiro atoms. The molecule has 0 bridgehead atoms. The minimum absolute atomic E-state index is 0.0393. The second-order valence-electron chi connectivity index (χ2n) is 5.94. The number of aromatic hydroxyl groups is 1. The van der Waals surface area contributed by atoms with Crippen molar-refractivity contribution in [3.05, 3.63) is 41.9 Å². The molecule has 0 radical (unpaired) electrons. The summed E-state index contributed by atoms with van der Waals surface area (Å²) >= 11 is 0. The van der Waals surface area contributed by atoms with Gasteiger partial charge in [-0.1, -0.05) is 6.07 Å². The Morgan fingerprint density at radius 1 is 0.655 bits per heavy atom. The van der Waals surface area contributed by atoms with Gasteiger partial charge in [0.1, 0.15) is 26.4 Å². The number of ether oxygens (including phenoxy) is 6. The van der Waals surface area contributed by atoms with Crippen molar-refractivity contribution in [2.24, 2.45) is 0 Å².